The molecule has 23 heavy (non-hydrogen) atoms. The largest absolute Gasteiger partial charge is 0.493 e. The number of benzene rings is 1. The van der Waals surface area contributed by atoms with Gasteiger partial charge in [-0.25, -0.2) is 4.79 Å². The second kappa shape index (κ2) is 8.06. The van der Waals surface area contributed by atoms with Crippen LogP contribution in [-0.4, -0.2) is 50.8 Å². The lowest BCUT2D eigenvalue weighted by atomic mass is 10.2. The van der Waals surface area contributed by atoms with Crippen LogP contribution in [0, 0.1) is 0 Å². The van der Waals surface area contributed by atoms with Crippen molar-refractivity contribution in [3.05, 3.63) is 23.8 Å². The predicted octanol–water partition coefficient (Wildman–Crippen LogP) is 1.99. The summed E-state index contributed by atoms with van der Waals surface area (Å²) < 4.78 is 10.5. The molecule has 2 N–H and O–H groups in total. The van der Waals surface area contributed by atoms with Crippen molar-refractivity contribution in [1.82, 2.24) is 15.5 Å². The molecular formula is C17H27N3O3. The standard InChI is InChI=1S/C17H27N3O3/c1-12(20(2)14-6-7-14)10-18-17(21)19-11-13-5-8-15(22-3)16(9-13)23-4/h5,8-9,12,14H,6-7,10-11H2,1-4H3,(H2,18,19,21)/t12-/m1/s1. The monoisotopic (exact) mass is 321 g/mol. The number of ether oxygens (including phenoxy) is 2. The van der Waals surface area contributed by atoms with Crippen molar-refractivity contribution in [3.63, 3.8) is 0 Å². The minimum Gasteiger partial charge on any atom is -0.493 e. The summed E-state index contributed by atoms with van der Waals surface area (Å²) in [6, 6.07) is 6.49. The number of carbonyl (C=O) groups is 1. The number of nitrogens with zero attached hydrogens (tertiary/aromatic N) is 1. The average molecular weight is 321 g/mol. The molecule has 1 fully saturated rings. The van der Waals surface area contributed by atoms with Gasteiger partial charge >= 0.3 is 6.03 Å². The zero-order valence-corrected chi connectivity index (χ0v) is 14.4. The van der Waals surface area contributed by atoms with Crippen LogP contribution in [0.15, 0.2) is 18.2 Å². The molecule has 1 aliphatic carbocycles. The lowest BCUT2D eigenvalue weighted by molar-refractivity contribution is 0.222. The third-order valence-electron chi connectivity index (χ3n) is 4.28. The minimum atomic E-state index is -0.157. The highest BCUT2D eigenvalue weighted by molar-refractivity contribution is 5.73. The van der Waals surface area contributed by atoms with E-state index < -0.39 is 0 Å². The molecule has 1 aliphatic rings. The molecule has 0 radical (unpaired) electrons. The number of amides is 2. The Morgan fingerprint density at radius 1 is 1.26 bits per heavy atom. The number of likely N-dealkylation sites (N-methyl/N-ethyl adjacent to an activating group) is 1. The highest BCUT2D eigenvalue weighted by atomic mass is 16.5. The molecule has 0 spiro atoms. The summed E-state index contributed by atoms with van der Waals surface area (Å²) >= 11 is 0. The molecule has 0 aliphatic heterocycles. The Morgan fingerprint density at radius 2 is 1.96 bits per heavy atom. The van der Waals surface area contributed by atoms with E-state index in [1.807, 2.05) is 18.2 Å². The summed E-state index contributed by atoms with van der Waals surface area (Å²) in [6.45, 7) is 3.22. The maximum atomic E-state index is 11.9. The van der Waals surface area contributed by atoms with Crippen LogP contribution in [0.5, 0.6) is 11.5 Å². The normalized spacial score (nSPS) is 15.2. The second-order valence-corrected chi connectivity index (χ2v) is 6.00. The molecule has 2 rings (SSSR count). The van der Waals surface area contributed by atoms with Crippen molar-refractivity contribution >= 4 is 6.03 Å². The van der Waals surface area contributed by atoms with Gasteiger partial charge in [0.1, 0.15) is 0 Å². The lowest BCUT2D eigenvalue weighted by Crippen LogP contribution is -2.44. The molecule has 1 atom stereocenters. The Hall–Kier alpha value is -1.95. The van der Waals surface area contributed by atoms with Gasteiger partial charge < -0.3 is 20.1 Å². The molecule has 0 aromatic heterocycles. The van der Waals surface area contributed by atoms with Gasteiger partial charge in [0.05, 0.1) is 14.2 Å². The van der Waals surface area contributed by atoms with Gasteiger partial charge in [0.2, 0.25) is 0 Å². The van der Waals surface area contributed by atoms with E-state index in [1.165, 1.54) is 12.8 Å². The zero-order chi connectivity index (χ0) is 16.8. The van der Waals surface area contributed by atoms with E-state index in [1.54, 1.807) is 14.2 Å². The number of rotatable bonds is 8. The van der Waals surface area contributed by atoms with E-state index in [4.69, 9.17) is 9.47 Å². The van der Waals surface area contributed by atoms with Crippen molar-refractivity contribution in [2.45, 2.75) is 38.4 Å². The van der Waals surface area contributed by atoms with Crippen LogP contribution >= 0.6 is 0 Å². The van der Waals surface area contributed by atoms with Crippen LogP contribution < -0.4 is 20.1 Å². The van der Waals surface area contributed by atoms with Gasteiger partial charge in [-0.2, -0.15) is 0 Å². The fraction of sp³-hybridized carbons (Fsp3) is 0.588. The number of methoxy groups -OCH3 is 2. The smallest absolute Gasteiger partial charge is 0.315 e. The Morgan fingerprint density at radius 3 is 2.57 bits per heavy atom. The Balaban J connectivity index is 1.75. The van der Waals surface area contributed by atoms with Gasteiger partial charge in [0.15, 0.2) is 11.5 Å². The molecule has 1 aromatic rings. The van der Waals surface area contributed by atoms with Gasteiger partial charge in [0.25, 0.3) is 0 Å². The summed E-state index contributed by atoms with van der Waals surface area (Å²) in [4.78, 5) is 14.2. The highest BCUT2D eigenvalue weighted by Gasteiger charge is 2.29. The summed E-state index contributed by atoms with van der Waals surface area (Å²) in [5.41, 5.74) is 0.959. The molecule has 0 bridgehead atoms. The van der Waals surface area contributed by atoms with Crippen molar-refractivity contribution in [2.24, 2.45) is 0 Å². The van der Waals surface area contributed by atoms with Crippen LogP contribution in [0.1, 0.15) is 25.3 Å². The summed E-state index contributed by atoms with van der Waals surface area (Å²) in [6.07, 6.45) is 2.54. The first-order chi connectivity index (χ1) is 11.0. The third kappa shape index (κ3) is 5.03. The fourth-order valence-corrected chi connectivity index (χ4v) is 2.46. The number of nitrogens with one attached hydrogen (secondary N) is 2. The van der Waals surface area contributed by atoms with Crippen LogP contribution in [0.3, 0.4) is 0 Å². The van der Waals surface area contributed by atoms with E-state index >= 15 is 0 Å². The van der Waals surface area contributed by atoms with Crippen LogP contribution in [0.2, 0.25) is 0 Å². The average Bonchev–Trinajstić information content (AvgIpc) is 3.41. The number of hydrogen-bond acceptors (Lipinski definition) is 4. The number of carbonyl (C=O) groups excluding carboxylic acids is 1. The van der Waals surface area contributed by atoms with Gasteiger partial charge in [-0.15, -0.1) is 0 Å². The molecule has 0 unspecified atom stereocenters. The molecule has 0 heterocycles. The van der Waals surface area contributed by atoms with E-state index in [0.717, 1.165) is 5.56 Å². The molecule has 1 saturated carbocycles. The van der Waals surface area contributed by atoms with Crippen LogP contribution in [0.4, 0.5) is 4.79 Å². The number of hydrogen-bond donors (Lipinski definition) is 2. The predicted molar refractivity (Wildman–Crippen MR) is 90.0 cm³/mol. The van der Waals surface area contributed by atoms with Gasteiger partial charge in [-0.1, -0.05) is 6.07 Å². The molecule has 1 aromatic carbocycles. The van der Waals surface area contributed by atoms with E-state index in [-0.39, 0.29) is 6.03 Å². The second-order valence-electron chi connectivity index (χ2n) is 6.00. The fourth-order valence-electron chi connectivity index (χ4n) is 2.46. The van der Waals surface area contributed by atoms with Crippen LogP contribution in [-0.2, 0) is 6.54 Å². The van der Waals surface area contributed by atoms with Gasteiger partial charge in [0, 0.05) is 25.2 Å². The Labute approximate surface area is 138 Å². The van der Waals surface area contributed by atoms with Crippen molar-refractivity contribution in [2.75, 3.05) is 27.8 Å². The van der Waals surface area contributed by atoms with Gasteiger partial charge in [-0.3, -0.25) is 4.90 Å². The molecule has 6 nitrogen and oxygen atoms in total. The molecular weight excluding hydrogens is 294 g/mol. The van der Waals surface area contributed by atoms with Crippen molar-refractivity contribution in [3.8, 4) is 11.5 Å². The maximum absolute atomic E-state index is 11.9. The summed E-state index contributed by atoms with van der Waals surface area (Å²) in [7, 11) is 5.31. The van der Waals surface area contributed by atoms with E-state index in [9.17, 15) is 4.79 Å². The Kier molecular flexibility index (Phi) is 6.10. The first-order valence-corrected chi connectivity index (χ1v) is 7.99. The Bertz CT molecular complexity index is 532. The molecule has 2 amide bonds. The topological polar surface area (TPSA) is 62.8 Å². The molecule has 128 valence electrons. The number of urea groups is 1. The quantitative estimate of drug-likeness (QED) is 0.768. The lowest BCUT2D eigenvalue weighted by Gasteiger charge is -2.24. The van der Waals surface area contributed by atoms with E-state index in [2.05, 4.69) is 29.5 Å². The van der Waals surface area contributed by atoms with Crippen molar-refractivity contribution in [1.29, 1.82) is 0 Å². The minimum absolute atomic E-state index is 0.157. The first kappa shape index (κ1) is 17.4. The van der Waals surface area contributed by atoms with Gasteiger partial charge in [-0.05, 0) is 44.5 Å². The SMILES string of the molecule is COc1ccc(CNC(=O)NC[C@@H](C)N(C)C2CC2)cc1OC. The molecule has 6 heteroatoms. The maximum Gasteiger partial charge on any atom is 0.315 e. The highest BCUT2D eigenvalue weighted by Crippen LogP contribution is 2.27. The summed E-state index contributed by atoms with van der Waals surface area (Å²) in [5.74, 6) is 1.34. The van der Waals surface area contributed by atoms with Crippen LogP contribution in [0.25, 0.3) is 0 Å². The molecule has 0 saturated heterocycles. The zero-order valence-electron chi connectivity index (χ0n) is 14.4. The first-order valence-electron chi connectivity index (χ1n) is 7.99. The third-order valence-corrected chi connectivity index (χ3v) is 4.28. The van der Waals surface area contributed by atoms with E-state index in [0.29, 0.717) is 36.7 Å². The van der Waals surface area contributed by atoms with Crippen molar-refractivity contribution < 1.29 is 14.3 Å². The summed E-state index contributed by atoms with van der Waals surface area (Å²) in [5, 5.41) is 5.78.